The van der Waals surface area contributed by atoms with Gasteiger partial charge in [-0.05, 0) is 224 Å². The second-order valence-corrected chi connectivity index (χ2v) is 22.7. The molecule has 0 aliphatic rings. The van der Waals surface area contributed by atoms with Gasteiger partial charge in [-0.25, -0.2) is 19.2 Å². The van der Waals surface area contributed by atoms with E-state index in [1.165, 1.54) is 0 Å². The lowest BCUT2D eigenvalue weighted by atomic mass is 9.85. The Bertz CT molecular complexity index is 2430. The van der Waals surface area contributed by atoms with Crippen LogP contribution in [0.15, 0.2) is 36.4 Å². The summed E-state index contributed by atoms with van der Waals surface area (Å²) in [6.07, 6.45) is 1.41. The lowest BCUT2D eigenvalue weighted by Crippen LogP contribution is -2.27. The normalized spacial score (nSPS) is 12.0. The molecule has 0 aliphatic heterocycles. The Labute approximate surface area is 423 Å². The highest BCUT2D eigenvalue weighted by Gasteiger charge is 2.26. The highest BCUT2D eigenvalue weighted by atomic mass is 16.6. The van der Waals surface area contributed by atoms with Crippen molar-refractivity contribution < 1.29 is 57.1 Å². The molecule has 0 saturated carbocycles. The Hall–Kier alpha value is -6.04. The van der Waals surface area contributed by atoms with Crippen LogP contribution in [-0.4, -0.2) is 72.7 Å². The monoisotopic (exact) mass is 981 g/mol. The third-order valence-electron chi connectivity index (χ3n) is 11.3. The molecule has 12 nitrogen and oxygen atoms in total. The number of carbonyl (C=O) groups is 4. The smallest absolute Gasteiger partial charge is 0.344 e. The molecule has 4 aromatic carbocycles. The van der Waals surface area contributed by atoms with E-state index in [0.717, 1.165) is 77.9 Å². The molecule has 388 valence electrons. The molecule has 0 heterocycles. The van der Waals surface area contributed by atoms with Crippen molar-refractivity contribution >= 4 is 23.9 Å². The van der Waals surface area contributed by atoms with Crippen LogP contribution in [0.3, 0.4) is 0 Å². The van der Waals surface area contributed by atoms with Crippen LogP contribution < -0.4 is 18.9 Å². The second kappa shape index (κ2) is 23.0. The van der Waals surface area contributed by atoms with Crippen molar-refractivity contribution in [3.63, 3.8) is 0 Å². The molecular formula is C59H80O12. The molecule has 0 radical (unpaired) electrons. The predicted octanol–water partition coefficient (Wildman–Crippen LogP) is 11.8. The molecule has 0 aliphatic carbocycles. The Balaban J connectivity index is 1.86. The summed E-state index contributed by atoms with van der Waals surface area (Å²) in [5.74, 6) is 0.450. The maximum Gasteiger partial charge on any atom is 0.344 e. The summed E-state index contributed by atoms with van der Waals surface area (Å²) in [5.41, 5.74) is 10.4. The molecule has 0 atom stereocenters. The zero-order chi connectivity index (χ0) is 53.6. The maximum atomic E-state index is 13.1. The standard InChI is InChI=1S/C59H80O12/c1-34-21-42(40(7)48(23-34)64-30-50(60)68-56(9,10)11)28-46-38(5)44(25-36(3)54(46)66-32-52(62)70-58(15,16)17)27-45-26-37(4)55(67-33-53(63)71-59(18,19)20)47(39(45)6)29-43-22-35(2)24-49(41(43)8)65-31-51(61)69-57(12,13)14/h21-26H,27-33H2,1-20H3. The third-order valence-corrected chi connectivity index (χ3v) is 11.3. The molecule has 0 fully saturated rings. The quantitative estimate of drug-likeness (QED) is 0.0692. The van der Waals surface area contributed by atoms with Crippen molar-refractivity contribution in [1.82, 2.24) is 0 Å². The fourth-order valence-corrected chi connectivity index (χ4v) is 8.34. The van der Waals surface area contributed by atoms with Crippen molar-refractivity contribution in [1.29, 1.82) is 0 Å². The summed E-state index contributed by atoms with van der Waals surface area (Å²) >= 11 is 0. The number of hydrogen-bond acceptors (Lipinski definition) is 12. The summed E-state index contributed by atoms with van der Waals surface area (Å²) in [6.45, 7) is 36.8. The van der Waals surface area contributed by atoms with Crippen LogP contribution in [0.4, 0.5) is 0 Å². The van der Waals surface area contributed by atoms with E-state index in [-0.39, 0.29) is 26.4 Å². The van der Waals surface area contributed by atoms with Gasteiger partial charge in [0, 0.05) is 24.0 Å². The second-order valence-electron chi connectivity index (χ2n) is 22.7. The molecule has 0 N–H and O–H groups in total. The molecule has 0 amide bonds. The van der Waals surface area contributed by atoms with E-state index in [9.17, 15) is 19.2 Å². The summed E-state index contributed by atoms with van der Waals surface area (Å²) in [5, 5.41) is 0. The van der Waals surface area contributed by atoms with Crippen LogP contribution in [0.5, 0.6) is 23.0 Å². The van der Waals surface area contributed by atoms with Crippen molar-refractivity contribution in [3.8, 4) is 23.0 Å². The highest BCUT2D eigenvalue weighted by molar-refractivity contribution is 5.73. The summed E-state index contributed by atoms with van der Waals surface area (Å²) < 4.78 is 47.3. The number of carbonyl (C=O) groups excluding carboxylic acids is 4. The van der Waals surface area contributed by atoms with Crippen molar-refractivity contribution in [3.05, 3.63) is 114 Å². The van der Waals surface area contributed by atoms with Crippen LogP contribution in [0.1, 0.15) is 161 Å². The Morgan fingerprint density at radius 1 is 0.352 bits per heavy atom. The summed E-state index contributed by atoms with van der Waals surface area (Å²) in [7, 11) is 0. The Morgan fingerprint density at radius 2 is 0.620 bits per heavy atom. The zero-order valence-corrected chi connectivity index (χ0v) is 46.3. The maximum absolute atomic E-state index is 13.1. The summed E-state index contributed by atoms with van der Waals surface area (Å²) in [6, 6.07) is 12.3. The molecule has 12 heteroatoms. The largest absolute Gasteiger partial charge is 0.482 e. The number of aryl methyl sites for hydroxylation is 4. The molecule has 4 aromatic rings. The number of esters is 4. The molecule has 4 rings (SSSR count). The van der Waals surface area contributed by atoms with Gasteiger partial charge in [-0.2, -0.15) is 0 Å². The van der Waals surface area contributed by atoms with Gasteiger partial charge in [0.05, 0.1) is 0 Å². The van der Waals surface area contributed by atoms with Gasteiger partial charge in [-0.1, -0.05) is 24.3 Å². The van der Waals surface area contributed by atoms with Gasteiger partial charge < -0.3 is 37.9 Å². The minimum Gasteiger partial charge on any atom is -0.482 e. The molecule has 0 spiro atoms. The van der Waals surface area contributed by atoms with Crippen molar-refractivity contribution in [2.24, 2.45) is 0 Å². The Kier molecular flexibility index (Phi) is 18.7. The lowest BCUT2D eigenvalue weighted by molar-refractivity contribution is -0.158. The average molecular weight is 981 g/mol. The topological polar surface area (TPSA) is 142 Å². The molecule has 71 heavy (non-hydrogen) atoms. The van der Waals surface area contributed by atoms with Crippen LogP contribution in [0, 0.1) is 55.4 Å². The van der Waals surface area contributed by atoms with Gasteiger partial charge >= 0.3 is 23.9 Å². The first-order chi connectivity index (χ1) is 32.6. The van der Waals surface area contributed by atoms with Gasteiger partial charge in [-0.3, -0.25) is 0 Å². The number of hydrogen-bond donors (Lipinski definition) is 0. The molecule has 0 unspecified atom stereocenters. The van der Waals surface area contributed by atoms with E-state index in [0.29, 0.717) is 42.3 Å². The summed E-state index contributed by atoms with van der Waals surface area (Å²) in [4.78, 5) is 51.5. The van der Waals surface area contributed by atoms with Gasteiger partial charge in [0.1, 0.15) is 45.4 Å². The van der Waals surface area contributed by atoms with Gasteiger partial charge in [0.15, 0.2) is 26.4 Å². The molecular weight excluding hydrogens is 901 g/mol. The highest BCUT2D eigenvalue weighted by Crippen LogP contribution is 2.39. The fourth-order valence-electron chi connectivity index (χ4n) is 8.34. The first kappa shape index (κ1) is 57.5. The predicted molar refractivity (Wildman–Crippen MR) is 277 cm³/mol. The van der Waals surface area contributed by atoms with E-state index in [4.69, 9.17) is 37.9 Å². The van der Waals surface area contributed by atoms with Crippen LogP contribution >= 0.6 is 0 Å². The van der Waals surface area contributed by atoms with Crippen LogP contribution in [0.25, 0.3) is 0 Å². The van der Waals surface area contributed by atoms with E-state index in [1.807, 2.05) is 137 Å². The zero-order valence-electron chi connectivity index (χ0n) is 46.3. The molecule has 0 saturated heterocycles. The van der Waals surface area contributed by atoms with E-state index in [1.54, 1.807) is 0 Å². The Morgan fingerprint density at radius 3 is 0.901 bits per heavy atom. The van der Waals surface area contributed by atoms with E-state index >= 15 is 0 Å². The minimum atomic E-state index is -0.687. The van der Waals surface area contributed by atoms with Crippen molar-refractivity contribution in [2.75, 3.05) is 26.4 Å². The van der Waals surface area contributed by atoms with Crippen LogP contribution in [0.2, 0.25) is 0 Å². The number of benzene rings is 4. The average Bonchev–Trinajstić information content (AvgIpc) is 3.19. The number of rotatable bonds is 18. The van der Waals surface area contributed by atoms with Gasteiger partial charge in [0.25, 0.3) is 0 Å². The van der Waals surface area contributed by atoms with Crippen molar-refractivity contribution in [2.45, 2.75) is 180 Å². The lowest BCUT2D eigenvalue weighted by Gasteiger charge is -2.25. The molecule has 0 bridgehead atoms. The van der Waals surface area contributed by atoms with E-state index < -0.39 is 46.3 Å². The first-order valence-electron chi connectivity index (χ1n) is 24.4. The van der Waals surface area contributed by atoms with Crippen LogP contribution in [-0.2, 0) is 57.4 Å². The van der Waals surface area contributed by atoms with E-state index in [2.05, 4.69) is 38.1 Å². The fraction of sp³-hybridized carbons (Fsp3) is 0.525. The first-order valence-corrected chi connectivity index (χ1v) is 24.4. The SMILES string of the molecule is Cc1cc(Cc2c(C)c(Cc3cc(C)c(OCC(=O)OC(C)(C)C)c(Cc4cc(C)cc(OCC(=O)OC(C)(C)C)c4C)c3C)cc(C)c2OCC(=O)OC(C)(C)C)c(C)c(OCC(=O)OC(C)(C)C)c1. The number of ether oxygens (including phenoxy) is 8. The molecule has 0 aromatic heterocycles. The van der Waals surface area contributed by atoms with Gasteiger partial charge in [0.2, 0.25) is 0 Å². The van der Waals surface area contributed by atoms with Gasteiger partial charge in [-0.15, -0.1) is 0 Å². The third kappa shape index (κ3) is 17.6. The minimum absolute atomic E-state index is 0.239.